The second kappa shape index (κ2) is 8.92. The first-order chi connectivity index (χ1) is 14.8. The molecule has 1 heterocycles. The zero-order valence-corrected chi connectivity index (χ0v) is 20.7. The van der Waals surface area contributed by atoms with Crippen LogP contribution < -0.4 is 0 Å². The topological polar surface area (TPSA) is 55.8 Å². The van der Waals surface area contributed by atoms with E-state index in [0.717, 1.165) is 19.3 Å². The molecule has 0 bridgehead atoms. The van der Waals surface area contributed by atoms with Crippen LogP contribution in [-0.4, -0.2) is 40.8 Å². The Hall–Kier alpha value is -2.30. The fraction of sp³-hybridized carbons (Fsp3) is 0.630. The van der Waals surface area contributed by atoms with Crippen molar-refractivity contribution in [2.75, 3.05) is 6.54 Å². The molecule has 5 nitrogen and oxygen atoms in total. The van der Waals surface area contributed by atoms with E-state index in [1.54, 1.807) is 13.0 Å². The highest BCUT2D eigenvalue weighted by Gasteiger charge is 2.49. The van der Waals surface area contributed by atoms with Crippen LogP contribution in [-0.2, 0) is 19.7 Å². The van der Waals surface area contributed by atoms with Gasteiger partial charge in [0, 0.05) is 12.5 Å². The van der Waals surface area contributed by atoms with E-state index >= 15 is 0 Å². The average Bonchev–Trinajstić information content (AvgIpc) is 3.10. The van der Waals surface area contributed by atoms with Crippen LogP contribution in [0.2, 0.25) is 0 Å². The quantitative estimate of drug-likeness (QED) is 0.433. The Morgan fingerprint density at radius 2 is 1.72 bits per heavy atom. The van der Waals surface area contributed by atoms with Crippen molar-refractivity contribution in [2.45, 2.75) is 90.4 Å². The van der Waals surface area contributed by atoms with Gasteiger partial charge in [-0.3, -0.25) is 4.90 Å². The average molecular weight is 442 g/mol. The van der Waals surface area contributed by atoms with Crippen LogP contribution in [0.1, 0.15) is 73.3 Å². The van der Waals surface area contributed by atoms with Crippen molar-refractivity contribution in [1.82, 2.24) is 4.90 Å². The van der Waals surface area contributed by atoms with E-state index in [-0.39, 0.29) is 23.4 Å². The molecule has 1 aromatic carbocycles. The Balaban J connectivity index is 1.82. The normalized spacial score (nSPS) is 28.5. The second-order valence-electron chi connectivity index (χ2n) is 11.2. The minimum absolute atomic E-state index is 0.135. The van der Waals surface area contributed by atoms with Crippen molar-refractivity contribution in [1.29, 1.82) is 0 Å². The molecule has 0 aromatic heterocycles. The first-order valence-electron chi connectivity index (χ1n) is 11.8. The Labute approximate surface area is 193 Å². The fourth-order valence-electron chi connectivity index (χ4n) is 5.05. The number of esters is 1. The van der Waals surface area contributed by atoms with Gasteiger partial charge in [0.25, 0.3) is 0 Å². The van der Waals surface area contributed by atoms with E-state index in [9.17, 15) is 9.59 Å². The zero-order valence-electron chi connectivity index (χ0n) is 20.7. The van der Waals surface area contributed by atoms with Gasteiger partial charge in [-0.25, -0.2) is 9.59 Å². The van der Waals surface area contributed by atoms with E-state index in [4.69, 9.17) is 9.47 Å². The van der Waals surface area contributed by atoms with Gasteiger partial charge in [-0.05, 0) is 57.4 Å². The Bertz CT molecular complexity index is 854. The molecule has 5 heteroatoms. The molecule has 0 saturated heterocycles. The van der Waals surface area contributed by atoms with Crippen LogP contribution >= 0.6 is 0 Å². The molecule has 1 aromatic rings. The highest BCUT2D eigenvalue weighted by Crippen LogP contribution is 2.44. The van der Waals surface area contributed by atoms with Crippen molar-refractivity contribution >= 4 is 12.1 Å². The lowest BCUT2D eigenvalue weighted by atomic mass is 9.64. The number of rotatable bonds is 4. The van der Waals surface area contributed by atoms with Crippen molar-refractivity contribution in [2.24, 2.45) is 11.8 Å². The maximum absolute atomic E-state index is 13.5. The molecule has 1 fully saturated rings. The van der Waals surface area contributed by atoms with Crippen LogP contribution in [0.4, 0.5) is 4.79 Å². The largest absolute Gasteiger partial charge is 0.460 e. The third-order valence-corrected chi connectivity index (χ3v) is 7.08. The lowest BCUT2D eigenvalue weighted by molar-refractivity contribution is -0.166. The maximum atomic E-state index is 13.5. The summed E-state index contributed by atoms with van der Waals surface area (Å²) < 4.78 is 11.8. The van der Waals surface area contributed by atoms with Crippen LogP contribution in [0.15, 0.2) is 42.5 Å². The fourth-order valence-corrected chi connectivity index (χ4v) is 5.05. The summed E-state index contributed by atoms with van der Waals surface area (Å²) in [6, 6.07) is 10.5. The standard InChI is InChI=1S/C27H39NO4/c1-19-14-15-21(26(5,6)20-12-9-8-10-13-20)22(18-19)31-23(29)27(7)16-11-17-28(27)24(30)32-25(2,3)4/h8-13,16,19,21-22H,14-15,17-18H2,1-7H3/t19-,21-,22-,27-/m1/s1. The van der Waals surface area contributed by atoms with Crippen molar-refractivity contribution < 1.29 is 19.1 Å². The predicted octanol–water partition coefficient (Wildman–Crippen LogP) is 5.88. The van der Waals surface area contributed by atoms with Crippen molar-refractivity contribution in [3.05, 3.63) is 48.0 Å². The van der Waals surface area contributed by atoms with E-state index in [2.05, 4.69) is 45.0 Å². The minimum atomic E-state index is -1.16. The zero-order chi connectivity index (χ0) is 23.7. The summed E-state index contributed by atoms with van der Waals surface area (Å²) >= 11 is 0. The number of amides is 1. The Morgan fingerprint density at radius 1 is 1.06 bits per heavy atom. The molecular weight excluding hydrogens is 402 g/mol. The molecule has 0 unspecified atom stereocenters. The summed E-state index contributed by atoms with van der Waals surface area (Å²) in [6.45, 7) is 14.3. The Morgan fingerprint density at radius 3 is 2.34 bits per heavy atom. The molecule has 4 atom stereocenters. The first kappa shape index (κ1) is 24.3. The van der Waals surface area contributed by atoms with Gasteiger partial charge in [-0.2, -0.15) is 0 Å². The van der Waals surface area contributed by atoms with Crippen molar-refractivity contribution in [3.8, 4) is 0 Å². The van der Waals surface area contributed by atoms with Crippen LogP contribution in [0.3, 0.4) is 0 Å². The molecule has 0 spiro atoms. The number of nitrogens with zero attached hydrogens (tertiary/aromatic N) is 1. The van der Waals surface area contributed by atoms with Gasteiger partial charge in [0.1, 0.15) is 11.7 Å². The first-order valence-corrected chi connectivity index (χ1v) is 11.8. The smallest absolute Gasteiger partial charge is 0.411 e. The maximum Gasteiger partial charge on any atom is 0.411 e. The highest BCUT2D eigenvalue weighted by molar-refractivity contribution is 5.89. The van der Waals surface area contributed by atoms with Gasteiger partial charge in [-0.15, -0.1) is 0 Å². The number of benzene rings is 1. The molecule has 32 heavy (non-hydrogen) atoms. The van der Waals surface area contributed by atoms with E-state index in [1.807, 2.05) is 32.9 Å². The molecule has 3 rings (SSSR count). The number of ether oxygens (including phenoxy) is 2. The van der Waals surface area contributed by atoms with E-state index < -0.39 is 17.2 Å². The molecule has 176 valence electrons. The molecule has 0 radical (unpaired) electrons. The van der Waals surface area contributed by atoms with Crippen LogP contribution in [0.25, 0.3) is 0 Å². The molecule has 1 saturated carbocycles. The molecule has 1 aliphatic heterocycles. The minimum Gasteiger partial charge on any atom is -0.460 e. The lowest BCUT2D eigenvalue weighted by Gasteiger charge is -2.45. The molecule has 1 amide bonds. The van der Waals surface area contributed by atoms with Crippen LogP contribution in [0, 0.1) is 11.8 Å². The van der Waals surface area contributed by atoms with Crippen LogP contribution in [0.5, 0.6) is 0 Å². The number of carbonyl (C=O) groups is 2. The van der Waals surface area contributed by atoms with Gasteiger partial charge in [-0.1, -0.05) is 69.7 Å². The predicted molar refractivity (Wildman–Crippen MR) is 126 cm³/mol. The SMILES string of the molecule is C[C@@H]1CC[C@@H](C(C)(C)c2ccccc2)[C@H](OC(=O)[C@@]2(C)C=CCN2C(=O)OC(C)(C)C)C1. The Kier molecular flexibility index (Phi) is 6.78. The third kappa shape index (κ3) is 5.02. The van der Waals surface area contributed by atoms with E-state index in [0.29, 0.717) is 12.5 Å². The van der Waals surface area contributed by atoms with Gasteiger partial charge in [0.2, 0.25) is 0 Å². The summed E-state index contributed by atoms with van der Waals surface area (Å²) in [5.74, 6) is 0.309. The number of hydrogen-bond donors (Lipinski definition) is 0. The number of hydrogen-bond acceptors (Lipinski definition) is 4. The van der Waals surface area contributed by atoms with Gasteiger partial charge in [0.15, 0.2) is 5.54 Å². The molecule has 2 aliphatic rings. The van der Waals surface area contributed by atoms with Gasteiger partial charge in [0.05, 0.1) is 0 Å². The summed E-state index contributed by atoms with van der Waals surface area (Å²) in [5.41, 5.74) is -0.676. The lowest BCUT2D eigenvalue weighted by Crippen LogP contribution is -2.55. The molecule has 0 N–H and O–H groups in total. The third-order valence-electron chi connectivity index (χ3n) is 7.08. The number of carbonyl (C=O) groups excluding carboxylic acids is 2. The monoisotopic (exact) mass is 441 g/mol. The van der Waals surface area contributed by atoms with Gasteiger partial charge >= 0.3 is 12.1 Å². The molecular formula is C27H39NO4. The summed E-state index contributed by atoms with van der Waals surface area (Å²) in [6.07, 6.45) is 5.86. The molecule has 1 aliphatic carbocycles. The van der Waals surface area contributed by atoms with Crippen molar-refractivity contribution in [3.63, 3.8) is 0 Å². The summed E-state index contributed by atoms with van der Waals surface area (Å²) in [4.78, 5) is 27.8. The van der Waals surface area contributed by atoms with Gasteiger partial charge < -0.3 is 9.47 Å². The summed E-state index contributed by atoms with van der Waals surface area (Å²) in [5, 5.41) is 0. The highest BCUT2D eigenvalue weighted by atomic mass is 16.6. The van der Waals surface area contributed by atoms with E-state index in [1.165, 1.54) is 10.5 Å². The second-order valence-corrected chi connectivity index (χ2v) is 11.2. The summed E-state index contributed by atoms with van der Waals surface area (Å²) in [7, 11) is 0.